The van der Waals surface area contributed by atoms with Crippen LogP contribution in [0.15, 0.2) is 0 Å². The lowest BCUT2D eigenvalue weighted by molar-refractivity contribution is -0.129. The number of hydrogen-bond acceptors (Lipinski definition) is 4. The fourth-order valence-electron chi connectivity index (χ4n) is 1.53. The van der Waals surface area contributed by atoms with Crippen LogP contribution in [0.25, 0.3) is 0 Å². The van der Waals surface area contributed by atoms with Crippen molar-refractivity contribution in [2.45, 2.75) is 38.8 Å². The van der Waals surface area contributed by atoms with Crippen LogP contribution in [-0.4, -0.2) is 43.0 Å². The second-order valence-corrected chi connectivity index (χ2v) is 5.68. The van der Waals surface area contributed by atoms with Gasteiger partial charge in [-0.05, 0) is 30.8 Å². The molecule has 18 heavy (non-hydrogen) atoms. The summed E-state index contributed by atoms with van der Waals surface area (Å²) in [6, 6.07) is -1.04. The van der Waals surface area contributed by atoms with E-state index in [2.05, 4.69) is 10.6 Å². The third-order valence-electron chi connectivity index (χ3n) is 2.56. The van der Waals surface area contributed by atoms with E-state index in [1.54, 1.807) is 18.8 Å². The Bertz CT molecular complexity index is 272. The quantitative estimate of drug-likeness (QED) is 0.596. The van der Waals surface area contributed by atoms with Gasteiger partial charge in [-0.2, -0.15) is 11.8 Å². The first-order valence-corrected chi connectivity index (χ1v) is 7.58. The van der Waals surface area contributed by atoms with Crippen molar-refractivity contribution in [2.75, 3.05) is 19.1 Å². The second-order valence-electron chi connectivity index (χ2n) is 4.69. The van der Waals surface area contributed by atoms with Crippen LogP contribution in [0.5, 0.6) is 0 Å². The number of nitrogens with one attached hydrogen (secondary N) is 2. The van der Waals surface area contributed by atoms with E-state index in [-0.39, 0.29) is 11.8 Å². The van der Waals surface area contributed by atoms with Crippen molar-refractivity contribution >= 4 is 23.6 Å². The number of carbonyl (C=O) groups is 2. The minimum atomic E-state index is -0.545. The normalized spacial score (nSPS) is 14.1. The first-order valence-electron chi connectivity index (χ1n) is 6.18. The maximum atomic E-state index is 11.8. The van der Waals surface area contributed by atoms with Crippen molar-refractivity contribution in [1.29, 1.82) is 0 Å². The fourth-order valence-corrected chi connectivity index (χ4v) is 2.02. The van der Waals surface area contributed by atoms with Gasteiger partial charge in [0.1, 0.15) is 6.04 Å². The Hall–Kier alpha value is -0.750. The zero-order valence-electron chi connectivity index (χ0n) is 11.7. The summed E-state index contributed by atoms with van der Waals surface area (Å²) in [7, 11) is 1.56. The lowest BCUT2D eigenvalue weighted by Gasteiger charge is -2.21. The lowest BCUT2D eigenvalue weighted by Crippen LogP contribution is -2.51. The Balaban J connectivity index is 4.38. The zero-order valence-corrected chi connectivity index (χ0v) is 12.5. The van der Waals surface area contributed by atoms with E-state index >= 15 is 0 Å². The van der Waals surface area contributed by atoms with E-state index in [4.69, 9.17) is 5.73 Å². The van der Waals surface area contributed by atoms with Gasteiger partial charge < -0.3 is 16.4 Å². The van der Waals surface area contributed by atoms with E-state index in [0.29, 0.717) is 18.8 Å². The molecule has 0 radical (unpaired) electrons. The predicted octanol–water partition coefficient (Wildman–Crippen LogP) is 0.344. The van der Waals surface area contributed by atoms with Gasteiger partial charge in [-0.15, -0.1) is 0 Å². The molecule has 0 saturated carbocycles. The van der Waals surface area contributed by atoms with Crippen LogP contribution in [0.2, 0.25) is 0 Å². The van der Waals surface area contributed by atoms with Gasteiger partial charge in [-0.25, -0.2) is 0 Å². The summed E-state index contributed by atoms with van der Waals surface area (Å²) < 4.78 is 0. The molecule has 0 aromatic heterocycles. The molecular weight excluding hydrogens is 250 g/mol. The van der Waals surface area contributed by atoms with Gasteiger partial charge in [0.25, 0.3) is 0 Å². The minimum absolute atomic E-state index is 0.172. The summed E-state index contributed by atoms with van der Waals surface area (Å²) >= 11 is 1.65. The van der Waals surface area contributed by atoms with Crippen LogP contribution < -0.4 is 16.4 Å². The largest absolute Gasteiger partial charge is 0.357 e. The molecule has 0 spiro atoms. The van der Waals surface area contributed by atoms with Crippen LogP contribution in [0, 0.1) is 5.92 Å². The van der Waals surface area contributed by atoms with Crippen molar-refractivity contribution in [3.8, 4) is 0 Å². The number of nitrogens with two attached hydrogens (primary N) is 1. The summed E-state index contributed by atoms with van der Waals surface area (Å²) in [6.45, 7) is 4.02. The second kappa shape index (κ2) is 9.22. The molecule has 0 aliphatic carbocycles. The van der Waals surface area contributed by atoms with E-state index in [1.807, 2.05) is 20.1 Å². The molecular formula is C12H25N3O2S. The highest BCUT2D eigenvalue weighted by molar-refractivity contribution is 7.98. The van der Waals surface area contributed by atoms with Crippen molar-refractivity contribution in [3.63, 3.8) is 0 Å². The third-order valence-corrected chi connectivity index (χ3v) is 3.20. The molecule has 0 aliphatic rings. The van der Waals surface area contributed by atoms with Gasteiger partial charge >= 0.3 is 0 Å². The first kappa shape index (κ1) is 17.2. The average Bonchev–Trinajstić information content (AvgIpc) is 2.33. The van der Waals surface area contributed by atoms with Crippen LogP contribution >= 0.6 is 11.8 Å². The van der Waals surface area contributed by atoms with E-state index < -0.39 is 12.1 Å². The van der Waals surface area contributed by atoms with Crippen LogP contribution in [0.1, 0.15) is 26.7 Å². The standard InChI is InChI=1S/C12H25N3O2S/c1-8(2)7-10(12(17)14-3)15-11(16)9(13)5-6-18-4/h8-10H,5-7,13H2,1-4H3,(H,14,17)(H,15,16)/t9-,10?/m0/s1. The molecule has 5 nitrogen and oxygen atoms in total. The maximum Gasteiger partial charge on any atom is 0.242 e. The topological polar surface area (TPSA) is 84.2 Å². The monoisotopic (exact) mass is 275 g/mol. The SMILES string of the molecule is CNC(=O)C(CC(C)C)NC(=O)[C@@H](N)CCSC. The van der Waals surface area contributed by atoms with Gasteiger partial charge in [0.2, 0.25) is 11.8 Å². The van der Waals surface area contributed by atoms with E-state index in [9.17, 15) is 9.59 Å². The summed E-state index contributed by atoms with van der Waals surface area (Å²) in [5.74, 6) is 0.742. The Morgan fingerprint density at radius 2 is 1.89 bits per heavy atom. The van der Waals surface area contributed by atoms with E-state index in [0.717, 1.165) is 5.75 Å². The predicted molar refractivity (Wildman–Crippen MR) is 76.4 cm³/mol. The van der Waals surface area contributed by atoms with Crippen LogP contribution in [0.3, 0.4) is 0 Å². The van der Waals surface area contributed by atoms with Crippen LogP contribution in [0.4, 0.5) is 0 Å². The number of amides is 2. The highest BCUT2D eigenvalue weighted by Crippen LogP contribution is 2.06. The summed E-state index contributed by atoms with van der Waals surface area (Å²) in [6.07, 6.45) is 3.20. The number of likely N-dealkylation sites (N-methyl/N-ethyl adjacent to an activating group) is 1. The fraction of sp³-hybridized carbons (Fsp3) is 0.833. The Kier molecular flexibility index (Phi) is 8.83. The molecule has 0 fully saturated rings. The summed E-state index contributed by atoms with van der Waals surface area (Å²) in [5.41, 5.74) is 5.77. The van der Waals surface area contributed by atoms with Gasteiger partial charge in [0.05, 0.1) is 6.04 Å². The number of hydrogen-bond donors (Lipinski definition) is 3. The molecule has 106 valence electrons. The van der Waals surface area contributed by atoms with Gasteiger partial charge in [0, 0.05) is 7.05 Å². The first-order chi connectivity index (χ1) is 8.42. The van der Waals surface area contributed by atoms with Crippen molar-refractivity contribution in [3.05, 3.63) is 0 Å². The molecule has 1 unspecified atom stereocenters. The molecule has 4 N–H and O–H groups in total. The summed E-state index contributed by atoms with van der Waals surface area (Å²) in [5, 5.41) is 5.28. The van der Waals surface area contributed by atoms with Crippen molar-refractivity contribution < 1.29 is 9.59 Å². The summed E-state index contributed by atoms with van der Waals surface area (Å²) in [4.78, 5) is 23.5. The molecule has 0 aromatic carbocycles. The molecule has 0 aromatic rings. The number of carbonyl (C=O) groups excluding carboxylic acids is 2. The highest BCUT2D eigenvalue weighted by Gasteiger charge is 2.23. The smallest absolute Gasteiger partial charge is 0.242 e. The third kappa shape index (κ3) is 6.86. The molecule has 2 atom stereocenters. The number of thioether (sulfide) groups is 1. The Labute approximate surface area is 114 Å². The zero-order chi connectivity index (χ0) is 14.1. The van der Waals surface area contributed by atoms with Crippen molar-refractivity contribution in [1.82, 2.24) is 10.6 Å². The number of rotatable bonds is 8. The molecule has 0 heterocycles. The highest BCUT2D eigenvalue weighted by atomic mass is 32.2. The van der Waals surface area contributed by atoms with Crippen molar-refractivity contribution in [2.24, 2.45) is 11.7 Å². The Morgan fingerprint density at radius 3 is 2.33 bits per heavy atom. The molecule has 0 aliphatic heterocycles. The van der Waals surface area contributed by atoms with Gasteiger partial charge in [0.15, 0.2) is 0 Å². The molecule has 0 saturated heterocycles. The molecule has 6 heteroatoms. The van der Waals surface area contributed by atoms with Gasteiger partial charge in [-0.1, -0.05) is 13.8 Å². The average molecular weight is 275 g/mol. The Morgan fingerprint density at radius 1 is 1.28 bits per heavy atom. The molecule has 0 rings (SSSR count). The van der Waals surface area contributed by atoms with E-state index in [1.165, 1.54) is 0 Å². The molecule has 0 bridgehead atoms. The lowest BCUT2D eigenvalue weighted by atomic mass is 10.0. The maximum absolute atomic E-state index is 11.8. The molecule has 2 amide bonds. The minimum Gasteiger partial charge on any atom is -0.357 e. The van der Waals surface area contributed by atoms with Gasteiger partial charge in [-0.3, -0.25) is 9.59 Å². The van der Waals surface area contributed by atoms with Crippen LogP contribution in [-0.2, 0) is 9.59 Å².